The van der Waals surface area contributed by atoms with Gasteiger partial charge < -0.3 is 19.7 Å². The molecule has 3 aliphatic rings. The first-order valence-corrected chi connectivity index (χ1v) is 11.8. The number of hydrogen-bond acceptors (Lipinski definition) is 4. The van der Waals surface area contributed by atoms with E-state index in [0.29, 0.717) is 18.2 Å². The molecule has 0 aromatic carbocycles. The number of rotatable bonds is 7. The summed E-state index contributed by atoms with van der Waals surface area (Å²) in [6.45, 7) is 12.4. The van der Waals surface area contributed by atoms with Crippen LogP contribution in [0.25, 0.3) is 0 Å². The summed E-state index contributed by atoms with van der Waals surface area (Å²) in [6, 6.07) is 0.715. The molecule has 0 aromatic rings. The second-order valence-electron chi connectivity index (χ2n) is 8.62. The Hall–Kier alpha value is -0.850. The number of nitrogens with one attached hydrogen (secondary N) is 1. The first-order chi connectivity index (χ1) is 13.8. The van der Waals surface area contributed by atoms with Gasteiger partial charge in [0.25, 0.3) is 0 Å². The van der Waals surface area contributed by atoms with Crippen molar-refractivity contribution in [3.8, 4) is 0 Å². The van der Waals surface area contributed by atoms with E-state index in [1.54, 1.807) is 0 Å². The summed E-state index contributed by atoms with van der Waals surface area (Å²) in [7, 11) is 0. The molecule has 0 saturated carbocycles. The maximum atomic E-state index is 6.16. The molecule has 6 heteroatoms. The lowest BCUT2D eigenvalue weighted by Crippen LogP contribution is -2.47. The number of aliphatic imine (C=N–C) groups is 1. The standard InChI is InChI=1S/C22H42N4O2/c1-3-23-22(24-12-16-25-13-6-4-8-19(25)2)26-14-10-20(11-15-26)28-18-21-9-5-7-17-27-21/h19-21H,3-18H2,1-2H3,(H,23,24). The Kier molecular flexibility index (Phi) is 9.35. The summed E-state index contributed by atoms with van der Waals surface area (Å²) < 4.78 is 12.0. The number of likely N-dealkylation sites (tertiary alicyclic amines) is 2. The Bertz CT molecular complexity index is 459. The van der Waals surface area contributed by atoms with Crippen LogP contribution < -0.4 is 5.32 Å². The van der Waals surface area contributed by atoms with Gasteiger partial charge in [-0.15, -0.1) is 0 Å². The monoisotopic (exact) mass is 394 g/mol. The third-order valence-electron chi connectivity index (χ3n) is 6.46. The van der Waals surface area contributed by atoms with E-state index in [-0.39, 0.29) is 0 Å². The van der Waals surface area contributed by atoms with Crippen LogP contribution in [0.3, 0.4) is 0 Å². The van der Waals surface area contributed by atoms with Gasteiger partial charge >= 0.3 is 0 Å². The van der Waals surface area contributed by atoms with Gasteiger partial charge in [0.2, 0.25) is 0 Å². The van der Waals surface area contributed by atoms with Gasteiger partial charge in [0.15, 0.2) is 5.96 Å². The molecule has 3 saturated heterocycles. The fraction of sp³-hybridized carbons (Fsp3) is 0.955. The minimum Gasteiger partial charge on any atom is -0.376 e. The maximum Gasteiger partial charge on any atom is 0.193 e. The molecule has 1 N–H and O–H groups in total. The predicted molar refractivity (Wildman–Crippen MR) is 115 cm³/mol. The van der Waals surface area contributed by atoms with Gasteiger partial charge in [-0.25, -0.2) is 0 Å². The smallest absolute Gasteiger partial charge is 0.193 e. The van der Waals surface area contributed by atoms with Crippen molar-refractivity contribution in [3.63, 3.8) is 0 Å². The molecule has 0 aromatic heterocycles. The van der Waals surface area contributed by atoms with E-state index >= 15 is 0 Å². The van der Waals surface area contributed by atoms with E-state index in [2.05, 4.69) is 29.0 Å². The number of hydrogen-bond donors (Lipinski definition) is 1. The van der Waals surface area contributed by atoms with Crippen LogP contribution in [0.15, 0.2) is 4.99 Å². The topological polar surface area (TPSA) is 49.3 Å². The number of piperidine rings is 2. The van der Waals surface area contributed by atoms with Crippen molar-refractivity contribution in [2.24, 2.45) is 4.99 Å². The molecule has 0 radical (unpaired) electrons. The Labute approximate surface area is 172 Å². The maximum absolute atomic E-state index is 6.16. The normalized spacial score (nSPS) is 28.5. The molecule has 2 unspecified atom stereocenters. The first kappa shape index (κ1) is 21.8. The van der Waals surface area contributed by atoms with Crippen LogP contribution in [0.4, 0.5) is 0 Å². The van der Waals surface area contributed by atoms with Crippen molar-refractivity contribution in [3.05, 3.63) is 0 Å². The van der Waals surface area contributed by atoms with E-state index in [1.807, 2.05) is 0 Å². The summed E-state index contributed by atoms with van der Waals surface area (Å²) in [4.78, 5) is 9.96. The largest absolute Gasteiger partial charge is 0.376 e. The molecule has 0 spiro atoms. The predicted octanol–water partition coefficient (Wildman–Crippen LogP) is 2.88. The zero-order valence-corrected chi connectivity index (χ0v) is 18.2. The fourth-order valence-corrected chi connectivity index (χ4v) is 4.62. The number of nitrogens with zero attached hydrogens (tertiary/aromatic N) is 3. The Morgan fingerprint density at radius 3 is 2.61 bits per heavy atom. The lowest BCUT2D eigenvalue weighted by Gasteiger charge is -2.35. The Morgan fingerprint density at radius 2 is 1.89 bits per heavy atom. The third kappa shape index (κ3) is 6.89. The summed E-state index contributed by atoms with van der Waals surface area (Å²) in [6.07, 6.45) is 10.6. The second-order valence-corrected chi connectivity index (χ2v) is 8.62. The van der Waals surface area contributed by atoms with Crippen LogP contribution in [0.5, 0.6) is 0 Å². The lowest BCUT2D eigenvalue weighted by molar-refractivity contribution is -0.0721. The summed E-state index contributed by atoms with van der Waals surface area (Å²) >= 11 is 0. The van der Waals surface area contributed by atoms with Gasteiger partial charge in [-0.05, 0) is 65.3 Å². The second kappa shape index (κ2) is 12.0. The molecule has 3 fully saturated rings. The van der Waals surface area contributed by atoms with E-state index in [0.717, 1.165) is 71.2 Å². The van der Waals surface area contributed by atoms with Crippen LogP contribution in [0.1, 0.15) is 65.2 Å². The van der Waals surface area contributed by atoms with E-state index in [1.165, 1.54) is 38.6 Å². The molecule has 3 aliphatic heterocycles. The molecule has 3 heterocycles. The SMILES string of the molecule is CCNC(=NCCN1CCCCC1C)N1CCC(OCC2CCCCO2)CC1. The average Bonchev–Trinajstić information content (AvgIpc) is 2.74. The summed E-state index contributed by atoms with van der Waals surface area (Å²) in [5, 5.41) is 3.50. The van der Waals surface area contributed by atoms with Crippen molar-refractivity contribution in [1.29, 1.82) is 0 Å². The third-order valence-corrected chi connectivity index (χ3v) is 6.46. The summed E-state index contributed by atoms with van der Waals surface area (Å²) in [5.74, 6) is 1.08. The van der Waals surface area contributed by atoms with Crippen molar-refractivity contribution in [1.82, 2.24) is 15.1 Å². The van der Waals surface area contributed by atoms with Crippen molar-refractivity contribution >= 4 is 5.96 Å². The quantitative estimate of drug-likeness (QED) is 0.531. The van der Waals surface area contributed by atoms with Crippen LogP contribution >= 0.6 is 0 Å². The minimum atomic E-state index is 0.322. The van der Waals surface area contributed by atoms with Gasteiger partial charge in [-0.1, -0.05) is 6.42 Å². The molecular weight excluding hydrogens is 352 g/mol. The highest BCUT2D eigenvalue weighted by atomic mass is 16.5. The van der Waals surface area contributed by atoms with Crippen LogP contribution in [-0.4, -0.2) is 86.5 Å². The fourth-order valence-electron chi connectivity index (χ4n) is 4.62. The highest BCUT2D eigenvalue weighted by molar-refractivity contribution is 5.80. The van der Waals surface area contributed by atoms with Crippen LogP contribution in [0.2, 0.25) is 0 Å². The molecule has 6 nitrogen and oxygen atoms in total. The zero-order valence-electron chi connectivity index (χ0n) is 18.2. The molecule has 0 bridgehead atoms. The lowest BCUT2D eigenvalue weighted by atomic mass is 10.0. The average molecular weight is 395 g/mol. The van der Waals surface area contributed by atoms with Crippen LogP contribution in [-0.2, 0) is 9.47 Å². The van der Waals surface area contributed by atoms with Gasteiger partial charge in [0.1, 0.15) is 0 Å². The molecule has 2 atom stereocenters. The first-order valence-electron chi connectivity index (χ1n) is 11.8. The van der Waals surface area contributed by atoms with E-state index in [9.17, 15) is 0 Å². The molecule has 0 aliphatic carbocycles. The Balaban J connectivity index is 1.39. The van der Waals surface area contributed by atoms with Crippen LogP contribution in [0, 0.1) is 0 Å². The minimum absolute atomic E-state index is 0.322. The van der Waals surface area contributed by atoms with E-state index in [4.69, 9.17) is 14.5 Å². The Morgan fingerprint density at radius 1 is 1.07 bits per heavy atom. The van der Waals surface area contributed by atoms with Gasteiger partial charge in [-0.3, -0.25) is 9.89 Å². The van der Waals surface area contributed by atoms with Crippen molar-refractivity contribution in [2.45, 2.75) is 83.5 Å². The molecule has 28 heavy (non-hydrogen) atoms. The molecule has 162 valence electrons. The molecule has 0 amide bonds. The summed E-state index contributed by atoms with van der Waals surface area (Å²) in [5.41, 5.74) is 0. The molecular formula is C22H42N4O2. The van der Waals surface area contributed by atoms with Gasteiger partial charge in [-0.2, -0.15) is 0 Å². The van der Waals surface area contributed by atoms with Gasteiger partial charge in [0, 0.05) is 38.8 Å². The number of guanidine groups is 1. The zero-order chi connectivity index (χ0) is 19.6. The highest BCUT2D eigenvalue weighted by Gasteiger charge is 2.24. The van der Waals surface area contributed by atoms with Crippen molar-refractivity contribution in [2.75, 3.05) is 52.5 Å². The van der Waals surface area contributed by atoms with Crippen molar-refractivity contribution < 1.29 is 9.47 Å². The van der Waals surface area contributed by atoms with E-state index < -0.39 is 0 Å². The number of ether oxygens (including phenoxy) is 2. The van der Waals surface area contributed by atoms with Gasteiger partial charge in [0.05, 0.1) is 25.4 Å². The molecule has 3 rings (SSSR count). The highest BCUT2D eigenvalue weighted by Crippen LogP contribution is 2.18.